The van der Waals surface area contributed by atoms with Gasteiger partial charge in [-0.15, -0.1) is 11.3 Å². The quantitative estimate of drug-likeness (QED) is 0.632. The molecule has 1 nitrogen and oxygen atoms in total. The predicted molar refractivity (Wildman–Crippen MR) is 78.3 cm³/mol. The summed E-state index contributed by atoms with van der Waals surface area (Å²) >= 11 is 1.70. The number of thiophene rings is 1. The number of hydrogen-bond acceptors (Lipinski definition) is 2. The first-order valence-electron chi connectivity index (χ1n) is 6.62. The molecule has 0 amide bonds. The largest absolute Gasteiger partial charge is 0.479 e. The van der Waals surface area contributed by atoms with Crippen LogP contribution in [0.25, 0.3) is 0 Å². The third-order valence-corrected chi connectivity index (χ3v) is 3.81. The van der Waals surface area contributed by atoms with Gasteiger partial charge in [-0.25, -0.2) is 0 Å². The van der Waals surface area contributed by atoms with Gasteiger partial charge in [-0.05, 0) is 35.4 Å². The van der Waals surface area contributed by atoms with Gasteiger partial charge >= 0.3 is 0 Å². The van der Waals surface area contributed by atoms with Crippen LogP contribution in [0.15, 0.2) is 41.8 Å². The Morgan fingerprint density at radius 3 is 2.67 bits per heavy atom. The normalized spacial score (nSPS) is 10.5. The van der Waals surface area contributed by atoms with Crippen molar-refractivity contribution >= 4 is 11.3 Å². The SMILES string of the molecule is CCCCCc1csc(OCc2ccccc2)c1. The molecule has 18 heavy (non-hydrogen) atoms. The van der Waals surface area contributed by atoms with Crippen LogP contribution in [0.5, 0.6) is 5.06 Å². The van der Waals surface area contributed by atoms with Crippen LogP contribution in [0.4, 0.5) is 0 Å². The molecule has 2 aromatic rings. The second-order valence-corrected chi connectivity index (χ2v) is 5.38. The molecule has 0 N–H and O–H groups in total. The van der Waals surface area contributed by atoms with E-state index < -0.39 is 0 Å². The van der Waals surface area contributed by atoms with Crippen LogP contribution in [-0.4, -0.2) is 0 Å². The van der Waals surface area contributed by atoms with Crippen LogP contribution >= 0.6 is 11.3 Å². The van der Waals surface area contributed by atoms with E-state index >= 15 is 0 Å². The Hall–Kier alpha value is -1.28. The molecule has 0 fully saturated rings. The standard InChI is InChI=1S/C16H20OS/c1-2-3-5-10-15-11-16(18-13-15)17-12-14-8-6-4-7-9-14/h4,6-9,11,13H,2-3,5,10,12H2,1H3. The number of benzene rings is 1. The maximum absolute atomic E-state index is 5.80. The first kappa shape index (κ1) is 13.2. The third kappa shape index (κ3) is 4.19. The second-order valence-electron chi connectivity index (χ2n) is 4.51. The molecule has 1 heterocycles. The first-order valence-corrected chi connectivity index (χ1v) is 7.50. The van der Waals surface area contributed by atoms with Gasteiger partial charge in [0.15, 0.2) is 5.06 Å². The minimum atomic E-state index is 0.662. The van der Waals surface area contributed by atoms with Gasteiger partial charge in [-0.3, -0.25) is 0 Å². The van der Waals surface area contributed by atoms with Crippen molar-refractivity contribution in [2.24, 2.45) is 0 Å². The average Bonchev–Trinajstić information content (AvgIpc) is 2.86. The summed E-state index contributed by atoms with van der Waals surface area (Å²) in [4.78, 5) is 0. The smallest absolute Gasteiger partial charge is 0.174 e. The zero-order chi connectivity index (χ0) is 12.6. The Labute approximate surface area is 113 Å². The van der Waals surface area contributed by atoms with E-state index in [0.717, 1.165) is 5.06 Å². The molecule has 96 valence electrons. The van der Waals surface area contributed by atoms with Crippen LogP contribution in [-0.2, 0) is 13.0 Å². The van der Waals surface area contributed by atoms with Crippen molar-refractivity contribution in [1.29, 1.82) is 0 Å². The number of unbranched alkanes of at least 4 members (excludes halogenated alkanes) is 2. The van der Waals surface area contributed by atoms with Crippen LogP contribution < -0.4 is 4.74 Å². The Bertz CT molecular complexity index is 447. The minimum absolute atomic E-state index is 0.662. The molecule has 0 saturated carbocycles. The lowest BCUT2D eigenvalue weighted by Crippen LogP contribution is -1.92. The van der Waals surface area contributed by atoms with E-state index in [1.54, 1.807) is 11.3 Å². The molecule has 0 aliphatic rings. The lowest BCUT2D eigenvalue weighted by atomic mass is 10.1. The fourth-order valence-corrected chi connectivity index (χ4v) is 2.67. The highest BCUT2D eigenvalue weighted by Crippen LogP contribution is 2.25. The van der Waals surface area contributed by atoms with Crippen LogP contribution in [0.2, 0.25) is 0 Å². The lowest BCUT2D eigenvalue weighted by Gasteiger charge is -2.02. The van der Waals surface area contributed by atoms with Crippen molar-refractivity contribution in [2.45, 2.75) is 39.2 Å². The fraction of sp³-hybridized carbons (Fsp3) is 0.375. The van der Waals surface area contributed by atoms with E-state index in [9.17, 15) is 0 Å². The highest BCUT2D eigenvalue weighted by molar-refractivity contribution is 7.12. The van der Waals surface area contributed by atoms with E-state index in [2.05, 4.69) is 30.5 Å². The van der Waals surface area contributed by atoms with Crippen molar-refractivity contribution in [2.75, 3.05) is 0 Å². The Morgan fingerprint density at radius 1 is 1.06 bits per heavy atom. The molecule has 2 heteroatoms. The molecule has 2 rings (SSSR count). The van der Waals surface area contributed by atoms with Gasteiger partial charge in [0.2, 0.25) is 0 Å². The molecule has 1 aromatic carbocycles. The maximum Gasteiger partial charge on any atom is 0.174 e. The summed E-state index contributed by atoms with van der Waals surface area (Å²) in [6.45, 7) is 2.90. The third-order valence-electron chi connectivity index (χ3n) is 2.92. The van der Waals surface area contributed by atoms with Crippen molar-refractivity contribution in [3.05, 3.63) is 52.9 Å². The van der Waals surface area contributed by atoms with Crippen LogP contribution in [0.3, 0.4) is 0 Å². The van der Waals surface area contributed by atoms with Crippen molar-refractivity contribution in [3.8, 4) is 5.06 Å². The summed E-state index contributed by atoms with van der Waals surface area (Å²) in [6.07, 6.45) is 5.06. The van der Waals surface area contributed by atoms with Gasteiger partial charge in [0.1, 0.15) is 6.61 Å². The summed E-state index contributed by atoms with van der Waals surface area (Å²) in [5.74, 6) is 0. The van der Waals surface area contributed by atoms with Gasteiger partial charge in [-0.1, -0.05) is 50.1 Å². The average molecular weight is 260 g/mol. The van der Waals surface area contributed by atoms with Crippen molar-refractivity contribution in [1.82, 2.24) is 0 Å². The zero-order valence-electron chi connectivity index (χ0n) is 10.9. The molecule has 0 bridgehead atoms. The molecular weight excluding hydrogens is 240 g/mol. The van der Waals surface area contributed by atoms with E-state index in [1.165, 1.54) is 36.8 Å². The maximum atomic E-state index is 5.80. The minimum Gasteiger partial charge on any atom is -0.479 e. The Balaban J connectivity index is 1.80. The molecule has 0 unspecified atom stereocenters. The van der Waals surface area contributed by atoms with Crippen LogP contribution in [0.1, 0.15) is 37.3 Å². The summed E-state index contributed by atoms with van der Waals surface area (Å²) in [5, 5.41) is 3.25. The molecule has 1 aromatic heterocycles. The molecule has 0 atom stereocenters. The number of rotatable bonds is 7. The van der Waals surface area contributed by atoms with E-state index in [1.807, 2.05) is 18.2 Å². The van der Waals surface area contributed by atoms with Crippen molar-refractivity contribution < 1.29 is 4.74 Å². The summed E-state index contributed by atoms with van der Waals surface area (Å²) in [6, 6.07) is 12.5. The summed E-state index contributed by atoms with van der Waals surface area (Å²) in [7, 11) is 0. The second kappa shape index (κ2) is 7.22. The van der Waals surface area contributed by atoms with Crippen LogP contribution in [0, 0.1) is 0 Å². The lowest BCUT2D eigenvalue weighted by molar-refractivity contribution is 0.315. The highest BCUT2D eigenvalue weighted by atomic mass is 32.1. The molecule has 0 aliphatic heterocycles. The number of hydrogen-bond donors (Lipinski definition) is 0. The monoisotopic (exact) mass is 260 g/mol. The van der Waals surface area contributed by atoms with Gasteiger partial charge < -0.3 is 4.74 Å². The van der Waals surface area contributed by atoms with Gasteiger partial charge in [-0.2, -0.15) is 0 Å². The van der Waals surface area contributed by atoms with E-state index in [0.29, 0.717) is 6.61 Å². The molecule has 0 saturated heterocycles. The Morgan fingerprint density at radius 2 is 1.89 bits per heavy atom. The Kier molecular flexibility index (Phi) is 5.28. The van der Waals surface area contributed by atoms with E-state index in [4.69, 9.17) is 4.74 Å². The van der Waals surface area contributed by atoms with Gasteiger partial charge in [0.05, 0.1) is 0 Å². The summed E-state index contributed by atoms with van der Waals surface area (Å²) < 4.78 is 5.80. The number of aryl methyl sites for hydroxylation is 1. The van der Waals surface area contributed by atoms with E-state index in [-0.39, 0.29) is 0 Å². The highest BCUT2D eigenvalue weighted by Gasteiger charge is 2.01. The molecule has 0 aliphatic carbocycles. The molecular formula is C16H20OS. The predicted octanol–water partition coefficient (Wildman–Crippen LogP) is 5.06. The summed E-state index contributed by atoms with van der Waals surface area (Å²) in [5.41, 5.74) is 2.63. The fourth-order valence-electron chi connectivity index (χ4n) is 1.87. The van der Waals surface area contributed by atoms with Gasteiger partial charge in [0, 0.05) is 0 Å². The molecule has 0 spiro atoms. The van der Waals surface area contributed by atoms with Gasteiger partial charge in [0.25, 0.3) is 0 Å². The van der Waals surface area contributed by atoms with Crippen molar-refractivity contribution in [3.63, 3.8) is 0 Å². The topological polar surface area (TPSA) is 9.23 Å². The zero-order valence-corrected chi connectivity index (χ0v) is 11.7. The first-order chi connectivity index (χ1) is 8.88. The molecule has 0 radical (unpaired) electrons. The number of ether oxygens (including phenoxy) is 1.